The summed E-state index contributed by atoms with van der Waals surface area (Å²) >= 11 is 0. The van der Waals surface area contributed by atoms with Gasteiger partial charge in [-0.1, -0.05) is 0 Å². The van der Waals surface area contributed by atoms with Crippen LogP contribution in [0.15, 0.2) is 18.2 Å². The summed E-state index contributed by atoms with van der Waals surface area (Å²) < 4.78 is 0. The molecule has 3 heteroatoms. The van der Waals surface area contributed by atoms with Gasteiger partial charge in [0.2, 0.25) is 0 Å². The van der Waals surface area contributed by atoms with Gasteiger partial charge in [-0.2, -0.15) is 0 Å². The van der Waals surface area contributed by atoms with Crippen molar-refractivity contribution in [3.63, 3.8) is 0 Å². The standard InChI is InChI=1S/C13H18N2O/c1-9(16)12-6-5-11(7-13(12)14)15(2)8-10-3-4-10/h5-7,10H,3-4,8,14H2,1-2H3. The highest BCUT2D eigenvalue weighted by atomic mass is 16.1. The fourth-order valence-electron chi connectivity index (χ4n) is 1.90. The van der Waals surface area contributed by atoms with Gasteiger partial charge >= 0.3 is 0 Å². The lowest BCUT2D eigenvalue weighted by Gasteiger charge is -2.20. The number of carbonyl (C=O) groups excluding carboxylic acids is 1. The Bertz CT molecular complexity index is 410. The molecule has 0 amide bonds. The normalized spacial score (nSPS) is 14.9. The first-order valence-electron chi connectivity index (χ1n) is 5.69. The van der Waals surface area contributed by atoms with Crippen molar-refractivity contribution in [1.29, 1.82) is 0 Å². The molecule has 0 radical (unpaired) electrons. The highest BCUT2D eigenvalue weighted by Crippen LogP contribution is 2.31. The Kier molecular flexibility index (Phi) is 2.86. The Morgan fingerprint density at radius 3 is 2.69 bits per heavy atom. The van der Waals surface area contributed by atoms with E-state index in [9.17, 15) is 4.79 Å². The van der Waals surface area contributed by atoms with Crippen LogP contribution in [0.25, 0.3) is 0 Å². The molecule has 0 atom stereocenters. The number of ketones is 1. The molecule has 1 aromatic rings. The molecule has 1 aliphatic rings. The van der Waals surface area contributed by atoms with Crippen LogP contribution in [-0.4, -0.2) is 19.4 Å². The maximum absolute atomic E-state index is 11.2. The van der Waals surface area contributed by atoms with Gasteiger partial charge in [0.1, 0.15) is 0 Å². The maximum atomic E-state index is 11.2. The molecule has 0 aromatic heterocycles. The summed E-state index contributed by atoms with van der Waals surface area (Å²) in [5, 5.41) is 0. The number of Topliss-reactive ketones (excluding diaryl/α,β-unsaturated/α-hetero) is 1. The second-order valence-corrected chi connectivity index (χ2v) is 4.65. The van der Waals surface area contributed by atoms with Crippen molar-refractivity contribution in [1.82, 2.24) is 0 Å². The third-order valence-corrected chi connectivity index (χ3v) is 3.08. The van der Waals surface area contributed by atoms with Gasteiger partial charge in [0, 0.05) is 30.5 Å². The fourth-order valence-corrected chi connectivity index (χ4v) is 1.90. The minimum Gasteiger partial charge on any atom is -0.398 e. The third-order valence-electron chi connectivity index (χ3n) is 3.08. The van der Waals surface area contributed by atoms with Crippen LogP contribution in [0, 0.1) is 5.92 Å². The first-order valence-corrected chi connectivity index (χ1v) is 5.69. The average molecular weight is 218 g/mol. The minimum atomic E-state index is 0.0221. The molecule has 0 spiro atoms. The lowest BCUT2D eigenvalue weighted by molar-refractivity contribution is 0.101. The molecule has 1 aromatic carbocycles. The topological polar surface area (TPSA) is 46.3 Å². The van der Waals surface area contributed by atoms with Crippen LogP contribution >= 0.6 is 0 Å². The summed E-state index contributed by atoms with van der Waals surface area (Å²) in [6.07, 6.45) is 2.68. The monoisotopic (exact) mass is 218 g/mol. The van der Waals surface area contributed by atoms with Crippen LogP contribution in [0.4, 0.5) is 11.4 Å². The highest BCUT2D eigenvalue weighted by Gasteiger charge is 2.23. The van der Waals surface area contributed by atoms with Gasteiger partial charge in [-0.3, -0.25) is 4.79 Å². The number of nitrogens with zero attached hydrogens (tertiary/aromatic N) is 1. The van der Waals surface area contributed by atoms with Gasteiger partial charge in [0.25, 0.3) is 0 Å². The summed E-state index contributed by atoms with van der Waals surface area (Å²) in [5.74, 6) is 0.868. The number of nitrogens with two attached hydrogens (primary N) is 1. The molecule has 0 aliphatic heterocycles. The molecule has 2 N–H and O–H groups in total. The van der Waals surface area contributed by atoms with E-state index < -0.39 is 0 Å². The first-order chi connectivity index (χ1) is 7.58. The van der Waals surface area contributed by atoms with E-state index in [-0.39, 0.29) is 5.78 Å². The predicted molar refractivity (Wildman–Crippen MR) is 66.9 cm³/mol. The Morgan fingerprint density at radius 1 is 1.50 bits per heavy atom. The summed E-state index contributed by atoms with van der Waals surface area (Å²) in [7, 11) is 2.07. The van der Waals surface area contributed by atoms with E-state index in [0.29, 0.717) is 11.3 Å². The fraction of sp³-hybridized carbons (Fsp3) is 0.462. The Labute approximate surface area is 96.2 Å². The molecule has 3 nitrogen and oxygen atoms in total. The molecule has 16 heavy (non-hydrogen) atoms. The molecular weight excluding hydrogens is 200 g/mol. The lowest BCUT2D eigenvalue weighted by Crippen LogP contribution is -2.20. The number of benzene rings is 1. The number of anilines is 2. The minimum absolute atomic E-state index is 0.0221. The molecule has 1 saturated carbocycles. The van der Waals surface area contributed by atoms with E-state index in [1.807, 2.05) is 18.2 Å². The van der Waals surface area contributed by atoms with Crippen molar-refractivity contribution in [2.24, 2.45) is 5.92 Å². The molecule has 0 heterocycles. The summed E-state index contributed by atoms with van der Waals surface area (Å²) in [5.41, 5.74) is 8.14. The Balaban J connectivity index is 2.15. The maximum Gasteiger partial charge on any atom is 0.161 e. The summed E-state index contributed by atoms with van der Waals surface area (Å²) in [6, 6.07) is 5.67. The van der Waals surface area contributed by atoms with Crippen molar-refractivity contribution in [2.45, 2.75) is 19.8 Å². The van der Waals surface area contributed by atoms with Crippen LogP contribution in [-0.2, 0) is 0 Å². The van der Waals surface area contributed by atoms with E-state index in [4.69, 9.17) is 5.73 Å². The smallest absolute Gasteiger partial charge is 0.161 e. The number of nitrogen functional groups attached to an aromatic ring is 1. The predicted octanol–water partition coefficient (Wildman–Crippen LogP) is 2.32. The highest BCUT2D eigenvalue weighted by molar-refractivity contribution is 5.99. The van der Waals surface area contributed by atoms with Crippen molar-refractivity contribution in [2.75, 3.05) is 24.2 Å². The van der Waals surface area contributed by atoms with Crippen LogP contribution < -0.4 is 10.6 Å². The lowest BCUT2D eigenvalue weighted by atomic mass is 10.1. The quantitative estimate of drug-likeness (QED) is 0.623. The van der Waals surface area contributed by atoms with Gasteiger partial charge in [0.05, 0.1) is 0 Å². The summed E-state index contributed by atoms with van der Waals surface area (Å²) in [6.45, 7) is 2.62. The zero-order chi connectivity index (χ0) is 11.7. The van der Waals surface area contributed by atoms with Crippen molar-refractivity contribution in [3.8, 4) is 0 Å². The molecule has 0 saturated heterocycles. The molecule has 0 bridgehead atoms. The zero-order valence-corrected chi connectivity index (χ0v) is 9.86. The van der Waals surface area contributed by atoms with Crippen molar-refractivity contribution in [3.05, 3.63) is 23.8 Å². The second-order valence-electron chi connectivity index (χ2n) is 4.65. The van der Waals surface area contributed by atoms with Gasteiger partial charge in [-0.25, -0.2) is 0 Å². The van der Waals surface area contributed by atoms with E-state index in [2.05, 4.69) is 11.9 Å². The van der Waals surface area contributed by atoms with Crippen molar-refractivity contribution >= 4 is 17.2 Å². The number of hydrogen-bond donors (Lipinski definition) is 1. The van der Waals surface area contributed by atoms with Gasteiger partial charge in [-0.15, -0.1) is 0 Å². The SMILES string of the molecule is CC(=O)c1ccc(N(C)CC2CC2)cc1N. The van der Waals surface area contributed by atoms with E-state index in [1.54, 1.807) is 6.92 Å². The van der Waals surface area contributed by atoms with Gasteiger partial charge < -0.3 is 10.6 Å². The van der Waals surface area contributed by atoms with Crippen LogP contribution in [0.5, 0.6) is 0 Å². The van der Waals surface area contributed by atoms with E-state index >= 15 is 0 Å². The second kappa shape index (κ2) is 4.16. The van der Waals surface area contributed by atoms with E-state index in [0.717, 1.165) is 18.2 Å². The van der Waals surface area contributed by atoms with Crippen molar-refractivity contribution < 1.29 is 4.79 Å². The molecule has 0 unspecified atom stereocenters. The van der Waals surface area contributed by atoms with Gasteiger partial charge in [0.15, 0.2) is 5.78 Å². The van der Waals surface area contributed by atoms with Gasteiger partial charge in [-0.05, 0) is 43.9 Å². The molecule has 1 fully saturated rings. The number of hydrogen-bond acceptors (Lipinski definition) is 3. The largest absolute Gasteiger partial charge is 0.398 e. The average Bonchev–Trinajstić information content (AvgIpc) is 3.00. The zero-order valence-electron chi connectivity index (χ0n) is 9.86. The molecule has 2 rings (SSSR count). The van der Waals surface area contributed by atoms with Crippen LogP contribution in [0.1, 0.15) is 30.1 Å². The first kappa shape index (κ1) is 11.0. The summed E-state index contributed by atoms with van der Waals surface area (Å²) in [4.78, 5) is 13.4. The van der Waals surface area contributed by atoms with E-state index in [1.165, 1.54) is 12.8 Å². The third kappa shape index (κ3) is 2.35. The Hall–Kier alpha value is -1.51. The molecule has 86 valence electrons. The number of carbonyl (C=O) groups is 1. The Morgan fingerprint density at radius 2 is 2.19 bits per heavy atom. The number of rotatable bonds is 4. The molecular formula is C13H18N2O. The molecule has 1 aliphatic carbocycles. The van der Waals surface area contributed by atoms with Crippen LogP contribution in [0.3, 0.4) is 0 Å². The van der Waals surface area contributed by atoms with Crippen LogP contribution in [0.2, 0.25) is 0 Å².